The number of rotatable bonds is 7. The van der Waals surface area contributed by atoms with E-state index < -0.39 is 10.8 Å². The summed E-state index contributed by atoms with van der Waals surface area (Å²) >= 11 is 3.38. The first-order valence-corrected chi connectivity index (χ1v) is 10.4. The number of aromatic amines is 1. The summed E-state index contributed by atoms with van der Waals surface area (Å²) in [6.07, 6.45) is 2.94. The summed E-state index contributed by atoms with van der Waals surface area (Å²) in [5, 5.41) is 15.9. The van der Waals surface area contributed by atoms with Gasteiger partial charge in [0.05, 0.1) is 16.7 Å². The number of ether oxygens (including phenoxy) is 1. The molecule has 160 valence electrons. The number of fused-ring (bicyclic) bond motifs is 1. The highest BCUT2D eigenvalue weighted by Crippen LogP contribution is 2.24. The number of nitro benzene ring substituents is 1. The number of hydrogen-bond donors (Lipinski definition) is 2. The van der Waals surface area contributed by atoms with Gasteiger partial charge in [-0.1, -0.05) is 46.3 Å². The lowest BCUT2D eigenvalue weighted by molar-refractivity contribution is -0.384. The zero-order valence-corrected chi connectivity index (χ0v) is 18.2. The first kappa shape index (κ1) is 21.3. The van der Waals surface area contributed by atoms with E-state index in [0.29, 0.717) is 16.9 Å². The minimum Gasteiger partial charge on any atom is -0.488 e. The van der Waals surface area contributed by atoms with E-state index in [-0.39, 0.29) is 12.3 Å². The second-order valence-electron chi connectivity index (χ2n) is 6.84. The average molecular weight is 493 g/mol. The van der Waals surface area contributed by atoms with Crippen LogP contribution in [0, 0.1) is 10.1 Å². The van der Waals surface area contributed by atoms with Crippen molar-refractivity contribution in [3.63, 3.8) is 0 Å². The number of nitro groups is 1. The fourth-order valence-corrected chi connectivity index (χ4v) is 3.37. The van der Waals surface area contributed by atoms with Crippen molar-refractivity contribution in [2.24, 2.45) is 5.10 Å². The minimum absolute atomic E-state index is 0.106. The van der Waals surface area contributed by atoms with Gasteiger partial charge in [-0.15, -0.1) is 0 Å². The van der Waals surface area contributed by atoms with Gasteiger partial charge in [0.1, 0.15) is 12.4 Å². The third-order valence-corrected chi connectivity index (χ3v) is 5.24. The summed E-state index contributed by atoms with van der Waals surface area (Å²) in [7, 11) is 0. The van der Waals surface area contributed by atoms with E-state index in [9.17, 15) is 14.9 Å². The summed E-state index contributed by atoms with van der Waals surface area (Å²) in [4.78, 5) is 26.2. The maximum absolute atomic E-state index is 12.5. The number of aromatic nitrogens is 1. The molecule has 0 aliphatic heterocycles. The highest BCUT2D eigenvalue weighted by atomic mass is 79.9. The van der Waals surface area contributed by atoms with Gasteiger partial charge in [-0.3, -0.25) is 14.9 Å². The van der Waals surface area contributed by atoms with Crippen molar-refractivity contribution in [1.29, 1.82) is 0 Å². The van der Waals surface area contributed by atoms with Gasteiger partial charge in [0.2, 0.25) is 0 Å². The monoisotopic (exact) mass is 492 g/mol. The molecule has 0 unspecified atom stereocenters. The van der Waals surface area contributed by atoms with Crippen molar-refractivity contribution < 1.29 is 14.5 Å². The molecule has 32 heavy (non-hydrogen) atoms. The molecule has 0 atom stereocenters. The number of nitrogens with zero attached hydrogens (tertiary/aromatic N) is 2. The molecule has 4 aromatic rings. The quantitative estimate of drug-likeness (QED) is 0.210. The van der Waals surface area contributed by atoms with E-state index in [2.05, 4.69) is 31.4 Å². The SMILES string of the molecule is O=C(N/N=C/c1cc([N+](=O)[O-])ccc1OCc1ccc(Br)cc1)c1c[nH]c2ccccc12. The lowest BCUT2D eigenvalue weighted by Crippen LogP contribution is -2.17. The number of para-hydroxylation sites is 1. The fourth-order valence-electron chi connectivity index (χ4n) is 3.10. The summed E-state index contributed by atoms with van der Waals surface area (Å²) in [6.45, 7) is 0.271. The minimum atomic E-state index is -0.500. The van der Waals surface area contributed by atoms with Gasteiger partial charge in [0, 0.05) is 39.3 Å². The number of hydrogen-bond acceptors (Lipinski definition) is 5. The van der Waals surface area contributed by atoms with Crippen molar-refractivity contribution in [1.82, 2.24) is 10.4 Å². The van der Waals surface area contributed by atoms with Crippen LogP contribution in [0.2, 0.25) is 0 Å². The number of non-ortho nitro benzene ring substituents is 1. The number of carbonyl (C=O) groups is 1. The summed E-state index contributed by atoms with van der Waals surface area (Å²) < 4.78 is 6.79. The lowest BCUT2D eigenvalue weighted by atomic mass is 10.2. The fraction of sp³-hybridized carbons (Fsp3) is 0.0435. The number of nitrogens with one attached hydrogen (secondary N) is 2. The van der Waals surface area contributed by atoms with Gasteiger partial charge in [-0.05, 0) is 29.8 Å². The van der Waals surface area contributed by atoms with Crippen molar-refractivity contribution in [3.8, 4) is 5.75 Å². The molecule has 0 aliphatic carbocycles. The first-order chi connectivity index (χ1) is 15.5. The molecule has 0 fully saturated rings. The molecule has 8 nitrogen and oxygen atoms in total. The van der Waals surface area contributed by atoms with Crippen LogP contribution in [0.25, 0.3) is 10.9 Å². The van der Waals surface area contributed by atoms with E-state index in [1.54, 1.807) is 6.20 Å². The van der Waals surface area contributed by atoms with Crippen molar-refractivity contribution in [3.05, 3.63) is 104 Å². The zero-order chi connectivity index (χ0) is 22.5. The molecule has 0 saturated carbocycles. The van der Waals surface area contributed by atoms with Crippen LogP contribution in [0.1, 0.15) is 21.5 Å². The van der Waals surface area contributed by atoms with E-state index in [1.165, 1.54) is 24.4 Å². The standard InChI is InChI=1S/C23H17BrN4O4/c24-17-7-5-15(6-8-17)14-32-22-10-9-18(28(30)31)11-16(22)12-26-27-23(29)20-13-25-21-4-2-1-3-19(20)21/h1-13,25H,14H2,(H,27,29)/b26-12+. The first-order valence-electron chi connectivity index (χ1n) is 9.56. The second kappa shape index (κ2) is 9.44. The van der Waals surface area contributed by atoms with Crippen molar-refractivity contribution in [2.45, 2.75) is 6.61 Å². The van der Waals surface area contributed by atoms with Crippen LogP contribution in [0.5, 0.6) is 5.75 Å². The Labute approximate surface area is 191 Å². The topological polar surface area (TPSA) is 110 Å². The molecule has 4 rings (SSSR count). The van der Waals surface area contributed by atoms with Gasteiger partial charge in [0.15, 0.2) is 0 Å². The smallest absolute Gasteiger partial charge is 0.273 e. The number of benzene rings is 3. The third-order valence-electron chi connectivity index (χ3n) is 4.72. The largest absolute Gasteiger partial charge is 0.488 e. The van der Waals surface area contributed by atoms with Gasteiger partial charge in [0.25, 0.3) is 11.6 Å². The highest BCUT2D eigenvalue weighted by molar-refractivity contribution is 9.10. The molecule has 1 aromatic heterocycles. The molecule has 0 saturated heterocycles. The molecule has 0 radical (unpaired) electrons. The Balaban J connectivity index is 1.52. The molecule has 2 N–H and O–H groups in total. The van der Waals surface area contributed by atoms with Crippen LogP contribution >= 0.6 is 15.9 Å². The van der Waals surface area contributed by atoms with Crippen molar-refractivity contribution >= 4 is 44.6 Å². The Kier molecular flexibility index (Phi) is 6.27. The van der Waals surface area contributed by atoms with Crippen LogP contribution in [0.4, 0.5) is 5.69 Å². The van der Waals surface area contributed by atoms with Crippen LogP contribution in [-0.2, 0) is 6.61 Å². The number of amides is 1. The Hall–Kier alpha value is -3.98. The van der Waals surface area contributed by atoms with Crippen LogP contribution < -0.4 is 10.2 Å². The van der Waals surface area contributed by atoms with Crippen LogP contribution in [-0.4, -0.2) is 22.0 Å². The predicted molar refractivity (Wildman–Crippen MR) is 125 cm³/mol. The van der Waals surface area contributed by atoms with Gasteiger partial charge >= 0.3 is 0 Å². The maximum atomic E-state index is 12.5. The van der Waals surface area contributed by atoms with E-state index in [0.717, 1.165) is 20.9 Å². The molecule has 0 bridgehead atoms. The molecular formula is C23H17BrN4O4. The molecule has 1 heterocycles. The summed E-state index contributed by atoms with van der Waals surface area (Å²) in [5.74, 6) is 0.00470. The molecule has 0 aliphatic rings. The molecule has 3 aromatic carbocycles. The second-order valence-corrected chi connectivity index (χ2v) is 7.76. The Bertz CT molecular complexity index is 1320. The number of H-pyrrole nitrogens is 1. The number of hydrazone groups is 1. The third kappa shape index (κ3) is 4.84. The number of carbonyl (C=O) groups excluding carboxylic acids is 1. The van der Waals surface area contributed by atoms with E-state index >= 15 is 0 Å². The lowest BCUT2D eigenvalue weighted by Gasteiger charge is -2.09. The van der Waals surface area contributed by atoms with E-state index in [4.69, 9.17) is 4.74 Å². The van der Waals surface area contributed by atoms with Crippen LogP contribution in [0.3, 0.4) is 0 Å². The van der Waals surface area contributed by atoms with Gasteiger partial charge in [-0.2, -0.15) is 5.10 Å². The maximum Gasteiger partial charge on any atom is 0.273 e. The number of halogens is 1. The molecule has 9 heteroatoms. The van der Waals surface area contributed by atoms with E-state index in [1.807, 2.05) is 48.5 Å². The normalized spacial score (nSPS) is 11.0. The average Bonchev–Trinajstić information content (AvgIpc) is 3.23. The summed E-state index contributed by atoms with van der Waals surface area (Å²) in [6, 6.07) is 19.2. The molecular weight excluding hydrogens is 476 g/mol. The Morgan fingerprint density at radius 3 is 2.72 bits per heavy atom. The molecule has 0 spiro atoms. The van der Waals surface area contributed by atoms with Gasteiger partial charge in [-0.25, -0.2) is 5.43 Å². The van der Waals surface area contributed by atoms with Crippen molar-refractivity contribution in [2.75, 3.05) is 0 Å². The van der Waals surface area contributed by atoms with Gasteiger partial charge < -0.3 is 9.72 Å². The Morgan fingerprint density at radius 2 is 1.94 bits per heavy atom. The zero-order valence-electron chi connectivity index (χ0n) is 16.6. The van der Waals surface area contributed by atoms with Crippen LogP contribution in [0.15, 0.2) is 82.5 Å². The predicted octanol–water partition coefficient (Wildman–Crippen LogP) is 5.18. The Morgan fingerprint density at radius 1 is 1.16 bits per heavy atom. The molecule has 1 amide bonds. The summed E-state index contributed by atoms with van der Waals surface area (Å²) in [5.41, 5.74) is 4.94. The highest BCUT2D eigenvalue weighted by Gasteiger charge is 2.13.